The molecule has 6 heteroatoms. The van der Waals surface area contributed by atoms with Crippen LogP contribution in [-0.2, 0) is 9.59 Å². The van der Waals surface area contributed by atoms with E-state index in [1.54, 1.807) is 0 Å². The summed E-state index contributed by atoms with van der Waals surface area (Å²) in [6, 6.07) is 0. The van der Waals surface area contributed by atoms with Gasteiger partial charge in [0, 0.05) is 11.9 Å². The van der Waals surface area contributed by atoms with E-state index in [1.165, 1.54) is 0 Å². The van der Waals surface area contributed by atoms with Gasteiger partial charge in [-0.2, -0.15) is 0 Å². The van der Waals surface area contributed by atoms with Gasteiger partial charge in [0.25, 0.3) is 0 Å². The molecule has 0 aromatic rings. The molecule has 11 heavy (non-hydrogen) atoms. The number of aliphatic carboxylic acids is 2. The number of hydrogen-bond acceptors (Lipinski definition) is 4. The number of hydrogen-bond donors (Lipinski definition) is 0. The number of carbonyl (C=O) groups is 2. The molecular formula is C5H8BaO5. The van der Waals surface area contributed by atoms with Gasteiger partial charge in [0.15, 0.2) is 0 Å². The minimum absolute atomic E-state index is 0. The number of carboxylic acid groups (broad SMARTS) is 2. The summed E-state index contributed by atoms with van der Waals surface area (Å²) in [5.74, 6) is -2.45. The smallest absolute Gasteiger partial charge is 0.550 e. The van der Waals surface area contributed by atoms with Crippen LogP contribution in [0.5, 0.6) is 0 Å². The first-order chi connectivity index (χ1) is 4.13. The topological polar surface area (TPSA) is 112 Å². The Hall–Kier alpha value is 0.471. The monoisotopic (exact) mass is 286 g/mol. The first-order valence-electron chi connectivity index (χ1n) is 2.52. The average Bonchev–Trinajstić information content (AvgIpc) is 1.63. The summed E-state index contributed by atoms with van der Waals surface area (Å²) in [6.45, 7) is 0. The molecule has 0 atom stereocenters. The molecule has 0 aliphatic carbocycles. The number of carbonyl (C=O) groups excluding carboxylic acids is 2. The van der Waals surface area contributed by atoms with Crippen LogP contribution in [0, 0.1) is 0 Å². The van der Waals surface area contributed by atoms with E-state index in [0.29, 0.717) is 0 Å². The zero-order valence-corrected chi connectivity index (χ0v) is 10.4. The zero-order chi connectivity index (χ0) is 7.28. The van der Waals surface area contributed by atoms with Gasteiger partial charge < -0.3 is 25.3 Å². The molecule has 0 aliphatic rings. The maximum atomic E-state index is 9.66. The van der Waals surface area contributed by atoms with Crippen LogP contribution in [0.25, 0.3) is 0 Å². The number of rotatable bonds is 4. The van der Waals surface area contributed by atoms with E-state index in [4.69, 9.17) is 0 Å². The van der Waals surface area contributed by atoms with Crippen molar-refractivity contribution >= 4 is 60.8 Å². The predicted molar refractivity (Wildman–Crippen MR) is 33.2 cm³/mol. The van der Waals surface area contributed by atoms with Crippen molar-refractivity contribution in [3.05, 3.63) is 0 Å². The summed E-state index contributed by atoms with van der Waals surface area (Å²) in [5, 5.41) is 19.3. The molecule has 2 N–H and O–H groups in total. The fraction of sp³-hybridized carbons (Fsp3) is 0.600. The Morgan fingerprint density at radius 2 is 1.27 bits per heavy atom. The maximum Gasteiger partial charge on any atom is 2.00 e. The van der Waals surface area contributed by atoms with Crippen molar-refractivity contribution in [1.29, 1.82) is 0 Å². The van der Waals surface area contributed by atoms with Crippen LogP contribution in [-0.4, -0.2) is 66.3 Å². The van der Waals surface area contributed by atoms with E-state index >= 15 is 0 Å². The summed E-state index contributed by atoms with van der Waals surface area (Å²) < 4.78 is 0. The van der Waals surface area contributed by atoms with Gasteiger partial charge in [-0.25, -0.2) is 0 Å². The Kier molecular flexibility index (Phi) is 16.7. The molecule has 60 valence electrons. The molecule has 0 radical (unpaired) electrons. The predicted octanol–water partition coefficient (Wildman–Crippen LogP) is -3.55. The van der Waals surface area contributed by atoms with Crippen LogP contribution in [0.1, 0.15) is 19.3 Å². The molecule has 0 rings (SSSR count). The molecule has 0 aromatic heterocycles. The summed E-state index contributed by atoms with van der Waals surface area (Å²) in [7, 11) is 0. The molecule has 5 nitrogen and oxygen atoms in total. The van der Waals surface area contributed by atoms with Gasteiger partial charge in [-0.15, -0.1) is 0 Å². The second kappa shape index (κ2) is 10.5. The van der Waals surface area contributed by atoms with E-state index in [9.17, 15) is 19.8 Å². The standard InChI is InChI=1S/C5H8O4.Ba.H2O/c6-4(7)2-1-3-5(8)9;;/h1-3H2,(H,6,7)(H,8,9);;1H2/q;+2;/p-2. The Bertz CT molecular complexity index is 110. The SMILES string of the molecule is O.O=C([O-])CCCC(=O)[O-].[Ba+2]. The van der Waals surface area contributed by atoms with Gasteiger partial charge >= 0.3 is 48.9 Å². The quantitative estimate of drug-likeness (QED) is 0.498. The second-order valence-corrected chi connectivity index (χ2v) is 1.60. The van der Waals surface area contributed by atoms with E-state index in [0.717, 1.165) is 0 Å². The van der Waals surface area contributed by atoms with Crippen LogP contribution in [0.2, 0.25) is 0 Å². The maximum absolute atomic E-state index is 9.66. The Morgan fingerprint density at radius 1 is 1.00 bits per heavy atom. The van der Waals surface area contributed by atoms with Gasteiger partial charge in [0.05, 0.1) is 0 Å². The molecule has 0 aromatic carbocycles. The Morgan fingerprint density at radius 3 is 1.45 bits per heavy atom. The fourth-order valence-electron chi connectivity index (χ4n) is 0.377. The van der Waals surface area contributed by atoms with Gasteiger partial charge in [-0.05, 0) is 19.3 Å². The zero-order valence-electron chi connectivity index (χ0n) is 5.96. The van der Waals surface area contributed by atoms with Gasteiger partial charge in [-0.1, -0.05) is 0 Å². The van der Waals surface area contributed by atoms with Gasteiger partial charge in [0.2, 0.25) is 0 Å². The van der Waals surface area contributed by atoms with Gasteiger partial charge in [-0.3, -0.25) is 0 Å². The summed E-state index contributed by atoms with van der Waals surface area (Å²) in [5.41, 5.74) is 0. The van der Waals surface area contributed by atoms with Crippen LogP contribution in [0.3, 0.4) is 0 Å². The van der Waals surface area contributed by atoms with Crippen LogP contribution < -0.4 is 10.2 Å². The van der Waals surface area contributed by atoms with Crippen molar-refractivity contribution in [2.45, 2.75) is 19.3 Å². The normalized spacial score (nSPS) is 7.27. The molecule has 0 saturated heterocycles. The minimum Gasteiger partial charge on any atom is -0.550 e. The number of carboxylic acids is 2. The molecule has 0 amide bonds. The van der Waals surface area contributed by atoms with E-state index in [-0.39, 0.29) is 73.6 Å². The molecule has 0 saturated carbocycles. The average molecular weight is 285 g/mol. The van der Waals surface area contributed by atoms with Crippen molar-refractivity contribution in [3.63, 3.8) is 0 Å². The second-order valence-electron chi connectivity index (χ2n) is 1.60. The molecular weight excluding hydrogens is 277 g/mol. The van der Waals surface area contributed by atoms with Crippen molar-refractivity contribution in [2.24, 2.45) is 0 Å². The molecule has 0 aliphatic heterocycles. The van der Waals surface area contributed by atoms with Crippen molar-refractivity contribution in [3.8, 4) is 0 Å². The van der Waals surface area contributed by atoms with Crippen LogP contribution >= 0.6 is 0 Å². The van der Waals surface area contributed by atoms with Crippen LogP contribution in [0.15, 0.2) is 0 Å². The van der Waals surface area contributed by atoms with E-state index in [1.807, 2.05) is 0 Å². The van der Waals surface area contributed by atoms with Crippen LogP contribution in [0.4, 0.5) is 0 Å². The van der Waals surface area contributed by atoms with Crippen molar-refractivity contribution in [1.82, 2.24) is 0 Å². The summed E-state index contributed by atoms with van der Waals surface area (Å²) in [6.07, 6.45) is -0.341. The summed E-state index contributed by atoms with van der Waals surface area (Å²) >= 11 is 0. The molecule has 0 bridgehead atoms. The Balaban J connectivity index is -0.000000320. The summed E-state index contributed by atoms with van der Waals surface area (Å²) in [4.78, 5) is 19.3. The van der Waals surface area contributed by atoms with E-state index in [2.05, 4.69) is 0 Å². The van der Waals surface area contributed by atoms with Gasteiger partial charge in [0.1, 0.15) is 0 Å². The largest absolute Gasteiger partial charge is 2.00 e. The third-order valence-corrected chi connectivity index (χ3v) is 0.762. The first-order valence-corrected chi connectivity index (χ1v) is 2.52. The molecule has 0 spiro atoms. The minimum atomic E-state index is -1.23. The van der Waals surface area contributed by atoms with Crippen molar-refractivity contribution in [2.75, 3.05) is 0 Å². The van der Waals surface area contributed by atoms with Crippen molar-refractivity contribution < 1.29 is 25.3 Å². The Labute approximate surface area is 104 Å². The van der Waals surface area contributed by atoms with E-state index < -0.39 is 11.9 Å². The molecule has 0 fully saturated rings. The third kappa shape index (κ3) is 17.9. The first kappa shape index (κ1) is 17.5. The third-order valence-electron chi connectivity index (χ3n) is 0.762. The fourth-order valence-corrected chi connectivity index (χ4v) is 0.377. The molecule has 0 unspecified atom stereocenters. The molecule has 0 heterocycles.